The van der Waals surface area contributed by atoms with Gasteiger partial charge in [0.15, 0.2) is 11.9 Å². The van der Waals surface area contributed by atoms with E-state index in [-0.39, 0.29) is 0 Å². The molecule has 1 aromatic heterocycles. The maximum Gasteiger partial charge on any atom is 0.181 e. The molecular formula is C24H24ClN3O3. The normalized spacial score (nSPS) is 11.3. The van der Waals surface area contributed by atoms with Gasteiger partial charge in [0.05, 0.1) is 25.4 Å². The molecule has 160 valence electrons. The van der Waals surface area contributed by atoms with Gasteiger partial charge in [-0.05, 0) is 42.3 Å². The second-order valence-corrected chi connectivity index (χ2v) is 7.32. The summed E-state index contributed by atoms with van der Waals surface area (Å²) in [6, 6.07) is 19.6. The van der Waals surface area contributed by atoms with E-state index in [9.17, 15) is 0 Å². The van der Waals surface area contributed by atoms with E-state index in [0.717, 1.165) is 22.6 Å². The van der Waals surface area contributed by atoms with E-state index in [2.05, 4.69) is 9.88 Å². The van der Waals surface area contributed by atoms with Gasteiger partial charge >= 0.3 is 0 Å². The molecule has 0 fully saturated rings. The highest BCUT2D eigenvalue weighted by molar-refractivity contribution is 6.32. The van der Waals surface area contributed by atoms with Gasteiger partial charge in [0.2, 0.25) is 0 Å². The second kappa shape index (κ2) is 10.6. The summed E-state index contributed by atoms with van der Waals surface area (Å²) in [4.78, 5) is 6.66. The third-order valence-electron chi connectivity index (χ3n) is 4.68. The fourth-order valence-electron chi connectivity index (χ4n) is 3.01. The van der Waals surface area contributed by atoms with E-state index < -0.39 is 6.10 Å². The molecule has 0 saturated heterocycles. The number of hydrogen-bond acceptors (Lipinski definition) is 6. The Kier molecular flexibility index (Phi) is 7.58. The van der Waals surface area contributed by atoms with E-state index in [0.29, 0.717) is 29.7 Å². The summed E-state index contributed by atoms with van der Waals surface area (Å²) in [7, 11) is 3.29. The van der Waals surface area contributed by atoms with Crippen molar-refractivity contribution >= 4 is 17.4 Å². The Morgan fingerprint density at radius 2 is 1.48 bits per heavy atom. The van der Waals surface area contributed by atoms with Gasteiger partial charge in [0, 0.05) is 19.2 Å². The van der Waals surface area contributed by atoms with Crippen molar-refractivity contribution in [1.29, 1.82) is 5.26 Å². The Balaban J connectivity index is 1.88. The van der Waals surface area contributed by atoms with E-state index in [4.69, 9.17) is 31.1 Å². The predicted molar refractivity (Wildman–Crippen MR) is 121 cm³/mol. The summed E-state index contributed by atoms with van der Waals surface area (Å²) < 4.78 is 16.0. The molecule has 0 spiro atoms. The molecule has 1 unspecified atom stereocenters. The van der Waals surface area contributed by atoms with E-state index in [1.807, 2.05) is 54.6 Å². The lowest BCUT2D eigenvalue weighted by atomic mass is 10.1. The number of methoxy groups -OCH3 is 2. The standard InChI is InChI=1S/C24H24ClN3O3/c1-17(13-26)31-23-14-27-24(12-22(23)25)28(15-18-4-8-20(29-2)9-5-18)16-19-6-10-21(30-3)11-7-19/h4-12,14,17H,15-16H2,1-3H3. The van der Waals surface area contributed by atoms with Crippen LogP contribution in [-0.2, 0) is 13.1 Å². The van der Waals surface area contributed by atoms with Gasteiger partial charge < -0.3 is 19.1 Å². The number of nitriles is 1. The average molecular weight is 438 g/mol. The van der Waals surface area contributed by atoms with Crippen LogP contribution >= 0.6 is 11.6 Å². The molecule has 3 aromatic rings. The quantitative estimate of drug-likeness (QED) is 0.455. The van der Waals surface area contributed by atoms with E-state index in [1.54, 1.807) is 33.4 Å². The zero-order valence-electron chi connectivity index (χ0n) is 17.7. The molecule has 2 aromatic carbocycles. The van der Waals surface area contributed by atoms with Gasteiger partial charge in [-0.1, -0.05) is 35.9 Å². The van der Waals surface area contributed by atoms with Crippen LogP contribution < -0.4 is 19.1 Å². The maximum atomic E-state index is 8.97. The topological polar surface area (TPSA) is 67.6 Å². The fourth-order valence-corrected chi connectivity index (χ4v) is 3.20. The van der Waals surface area contributed by atoms with Gasteiger partial charge in [-0.3, -0.25) is 0 Å². The zero-order chi connectivity index (χ0) is 22.2. The molecule has 3 rings (SSSR count). The molecule has 0 N–H and O–H groups in total. The summed E-state index contributed by atoms with van der Waals surface area (Å²) in [6.45, 7) is 2.90. The molecular weight excluding hydrogens is 414 g/mol. The van der Waals surface area contributed by atoms with Gasteiger partial charge in [0.25, 0.3) is 0 Å². The average Bonchev–Trinajstić information content (AvgIpc) is 2.80. The van der Waals surface area contributed by atoms with Crippen molar-refractivity contribution in [2.75, 3.05) is 19.1 Å². The number of pyridine rings is 1. The molecule has 6 nitrogen and oxygen atoms in total. The molecule has 0 aliphatic carbocycles. The number of ether oxygens (including phenoxy) is 3. The number of nitrogens with zero attached hydrogens (tertiary/aromatic N) is 3. The zero-order valence-corrected chi connectivity index (χ0v) is 18.5. The van der Waals surface area contributed by atoms with Crippen LogP contribution in [0.2, 0.25) is 5.02 Å². The number of halogens is 1. The fraction of sp³-hybridized carbons (Fsp3) is 0.250. The summed E-state index contributed by atoms with van der Waals surface area (Å²) >= 11 is 6.43. The third-order valence-corrected chi connectivity index (χ3v) is 4.98. The van der Waals surface area contributed by atoms with Gasteiger partial charge in [-0.15, -0.1) is 0 Å². The smallest absolute Gasteiger partial charge is 0.181 e. The third kappa shape index (κ3) is 6.03. The van der Waals surface area contributed by atoms with Crippen LogP contribution in [0.1, 0.15) is 18.1 Å². The van der Waals surface area contributed by atoms with E-state index >= 15 is 0 Å². The van der Waals surface area contributed by atoms with Gasteiger partial charge in [0.1, 0.15) is 23.4 Å². The highest BCUT2D eigenvalue weighted by atomic mass is 35.5. The summed E-state index contributed by atoms with van der Waals surface area (Å²) in [5.41, 5.74) is 2.20. The number of aromatic nitrogens is 1. The summed E-state index contributed by atoms with van der Waals surface area (Å²) in [5.74, 6) is 2.70. The Morgan fingerprint density at radius 3 is 1.90 bits per heavy atom. The Hall–Kier alpha value is -3.43. The second-order valence-electron chi connectivity index (χ2n) is 6.91. The molecule has 0 saturated carbocycles. The number of rotatable bonds is 9. The van der Waals surface area contributed by atoms with Crippen LogP contribution in [0.5, 0.6) is 17.2 Å². The first-order valence-corrected chi connectivity index (χ1v) is 10.1. The monoisotopic (exact) mass is 437 g/mol. The molecule has 0 bridgehead atoms. The van der Waals surface area contributed by atoms with Crippen molar-refractivity contribution in [1.82, 2.24) is 4.98 Å². The Morgan fingerprint density at radius 1 is 0.968 bits per heavy atom. The lowest BCUT2D eigenvalue weighted by Gasteiger charge is -2.25. The van der Waals surface area contributed by atoms with Crippen molar-refractivity contribution in [3.05, 3.63) is 76.9 Å². The van der Waals surface area contributed by atoms with Crippen LogP contribution in [0.4, 0.5) is 5.82 Å². The molecule has 31 heavy (non-hydrogen) atoms. The highest BCUT2D eigenvalue weighted by Gasteiger charge is 2.14. The van der Waals surface area contributed by atoms with Crippen LogP contribution in [0.3, 0.4) is 0 Å². The minimum absolute atomic E-state index is 0.383. The molecule has 0 aliphatic rings. The molecule has 0 aliphatic heterocycles. The van der Waals surface area contributed by atoms with Crippen LogP contribution in [0, 0.1) is 11.3 Å². The van der Waals surface area contributed by atoms with Crippen molar-refractivity contribution in [2.24, 2.45) is 0 Å². The van der Waals surface area contributed by atoms with Crippen LogP contribution in [-0.4, -0.2) is 25.3 Å². The minimum Gasteiger partial charge on any atom is -0.497 e. The Labute approximate surface area is 187 Å². The number of hydrogen-bond donors (Lipinski definition) is 0. The van der Waals surface area contributed by atoms with Gasteiger partial charge in [-0.25, -0.2) is 4.98 Å². The first-order chi connectivity index (χ1) is 15.0. The molecule has 7 heteroatoms. The molecule has 1 atom stereocenters. The molecule has 1 heterocycles. The SMILES string of the molecule is COc1ccc(CN(Cc2ccc(OC)cc2)c2cc(Cl)c(OC(C)C#N)cn2)cc1. The first kappa shape index (κ1) is 22.3. The van der Waals surface area contributed by atoms with Crippen molar-refractivity contribution in [2.45, 2.75) is 26.1 Å². The number of benzene rings is 2. The van der Waals surface area contributed by atoms with Crippen molar-refractivity contribution in [3.8, 4) is 23.3 Å². The van der Waals surface area contributed by atoms with E-state index in [1.165, 1.54) is 0 Å². The van der Waals surface area contributed by atoms with Crippen LogP contribution in [0.15, 0.2) is 60.8 Å². The lowest BCUT2D eigenvalue weighted by molar-refractivity contribution is 0.275. The minimum atomic E-state index is -0.611. The summed E-state index contributed by atoms with van der Waals surface area (Å²) in [5, 5.41) is 9.37. The van der Waals surface area contributed by atoms with Crippen molar-refractivity contribution < 1.29 is 14.2 Å². The number of anilines is 1. The Bertz CT molecular complexity index is 984. The largest absolute Gasteiger partial charge is 0.497 e. The molecule has 0 amide bonds. The van der Waals surface area contributed by atoms with Crippen LogP contribution in [0.25, 0.3) is 0 Å². The predicted octanol–water partition coefficient (Wildman–Crippen LogP) is 5.25. The van der Waals surface area contributed by atoms with Gasteiger partial charge in [-0.2, -0.15) is 5.26 Å². The lowest BCUT2D eigenvalue weighted by Crippen LogP contribution is -2.23. The first-order valence-electron chi connectivity index (χ1n) is 9.75. The van der Waals surface area contributed by atoms with Crippen molar-refractivity contribution in [3.63, 3.8) is 0 Å². The summed E-state index contributed by atoms with van der Waals surface area (Å²) in [6.07, 6.45) is 0.945. The molecule has 0 radical (unpaired) electrons. The maximum absolute atomic E-state index is 8.97. The highest BCUT2D eigenvalue weighted by Crippen LogP contribution is 2.30.